The molecule has 0 aliphatic carbocycles. The van der Waals surface area contributed by atoms with E-state index in [2.05, 4.69) is 24.1 Å². The molecule has 0 saturated carbocycles. The number of nitrogens with one attached hydrogen (secondary N) is 1. The van der Waals surface area contributed by atoms with Gasteiger partial charge in [-0.15, -0.1) is 0 Å². The van der Waals surface area contributed by atoms with Gasteiger partial charge in [0, 0.05) is 37.3 Å². The number of hydrogen-bond acceptors (Lipinski definition) is 5. The van der Waals surface area contributed by atoms with Gasteiger partial charge < -0.3 is 25.4 Å². The molecule has 0 radical (unpaired) electrons. The predicted molar refractivity (Wildman–Crippen MR) is 88.6 cm³/mol. The van der Waals surface area contributed by atoms with Gasteiger partial charge in [-0.3, -0.25) is 4.79 Å². The van der Waals surface area contributed by atoms with Crippen molar-refractivity contribution in [2.45, 2.75) is 32.7 Å². The molecule has 0 bridgehead atoms. The molecule has 2 aliphatic heterocycles. The molecule has 0 aromatic heterocycles. The van der Waals surface area contributed by atoms with Crippen molar-refractivity contribution in [1.29, 1.82) is 0 Å². The molecule has 3 rings (SSSR count). The van der Waals surface area contributed by atoms with Crippen LogP contribution in [0.25, 0.3) is 0 Å². The van der Waals surface area contributed by atoms with Gasteiger partial charge in [0.25, 0.3) is 0 Å². The van der Waals surface area contributed by atoms with E-state index < -0.39 is 0 Å². The highest BCUT2D eigenvalue weighted by Crippen LogP contribution is 2.34. The number of carbonyl (C=O) groups is 1. The molecule has 1 aromatic carbocycles. The first-order valence-electron chi connectivity index (χ1n) is 8.11. The smallest absolute Gasteiger partial charge is 0.231 e. The maximum absolute atomic E-state index is 12.1. The fraction of sp³-hybridized carbons (Fsp3) is 0.588. The van der Waals surface area contributed by atoms with Gasteiger partial charge in [0.15, 0.2) is 11.5 Å². The highest BCUT2D eigenvalue weighted by molar-refractivity contribution is 5.91. The second kappa shape index (κ2) is 6.37. The Balaban J connectivity index is 1.48. The van der Waals surface area contributed by atoms with Crippen LogP contribution in [-0.2, 0) is 4.79 Å². The Labute approximate surface area is 136 Å². The van der Waals surface area contributed by atoms with E-state index in [9.17, 15) is 4.79 Å². The minimum absolute atomic E-state index is 0.0107. The highest BCUT2D eigenvalue weighted by Gasteiger charge is 2.33. The summed E-state index contributed by atoms with van der Waals surface area (Å²) in [6, 6.07) is 5.67. The minimum atomic E-state index is 0.0107. The third-order valence-corrected chi connectivity index (χ3v) is 4.70. The molecule has 23 heavy (non-hydrogen) atoms. The van der Waals surface area contributed by atoms with Crippen molar-refractivity contribution in [3.05, 3.63) is 18.2 Å². The average molecular weight is 319 g/mol. The largest absolute Gasteiger partial charge is 0.454 e. The lowest BCUT2D eigenvalue weighted by Gasteiger charge is -2.42. The van der Waals surface area contributed by atoms with Gasteiger partial charge in [-0.25, -0.2) is 0 Å². The van der Waals surface area contributed by atoms with Gasteiger partial charge >= 0.3 is 0 Å². The lowest BCUT2D eigenvalue weighted by atomic mass is 9.80. The van der Waals surface area contributed by atoms with E-state index in [0.29, 0.717) is 12.2 Å². The lowest BCUT2D eigenvalue weighted by molar-refractivity contribution is -0.116. The summed E-state index contributed by atoms with van der Waals surface area (Å²) >= 11 is 0. The zero-order chi connectivity index (χ0) is 16.4. The van der Waals surface area contributed by atoms with Crippen molar-refractivity contribution in [3.8, 4) is 11.5 Å². The standard InChI is InChI=1S/C17H25N3O3/c1-17(2)10-20(7-5-15(17)18)8-6-16(21)19-12-3-4-13-14(9-12)23-11-22-13/h3-4,9,15H,5-8,10-11,18H2,1-2H3,(H,19,21). The molecule has 126 valence electrons. The monoisotopic (exact) mass is 319 g/mol. The number of carbonyl (C=O) groups excluding carboxylic acids is 1. The van der Waals surface area contributed by atoms with E-state index >= 15 is 0 Å². The summed E-state index contributed by atoms with van der Waals surface area (Å²) in [7, 11) is 0. The molecule has 2 aliphatic rings. The molecule has 6 nitrogen and oxygen atoms in total. The summed E-state index contributed by atoms with van der Waals surface area (Å²) < 4.78 is 10.6. The Hall–Kier alpha value is -1.79. The highest BCUT2D eigenvalue weighted by atomic mass is 16.7. The van der Waals surface area contributed by atoms with Gasteiger partial charge in [-0.2, -0.15) is 0 Å². The molecule has 1 amide bonds. The molecule has 2 heterocycles. The number of rotatable bonds is 4. The topological polar surface area (TPSA) is 76.8 Å². The van der Waals surface area contributed by atoms with E-state index in [1.54, 1.807) is 6.07 Å². The Bertz CT molecular complexity index is 588. The Morgan fingerprint density at radius 3 is 2.96 bits per heavy atom. The van der Waals surface area contributed by atoms with Crippen LogP contribution in [0, 0.1) is 5.41 Å². The van der Waals surface area contributed by atoms with Crippen molar-refractivity contribution < 1.29 is 14.3 Å². The fourth-order valence-electron chi connectivity index (χ4n) is 3.13. The van der Waals surface area contributed by atoms with E-state index in [0.717, 1.165) is 37.5 Å². The summed E-state index contributed by atoms with van der Waals surface area (Å²) in [5.74, 6) is 1.40. The molecular weight excluding hydrogens is 294 g/mol. The fourth-order valence-corrected chi connectivity index (χ4v) is 3.13. The lowest BCUT2D eigenvalue weighted by Crippen LogP contribution is -2.52. The summed E-state index contributed by atoms with van der Waals surface area (Å²) in [6.45, 7) is 7.27. The van der Waals surface area contributed by atoms with Gasteiger partial charge in [0.05, 0.1) is 0 Å². The van der Waals surface area contributed by atoms with Crippen LogP contribution in [0.5, 0.6) is 11.5 Å². The number of nitrogens with zero attached hydrogens (tertiary/aromatic N) is 1. The molecule has 6 heteroatoms. The molecule has 0 spiro atoms. The van der Waals surface area contributed by atoms with Crippen LogP contribution >= 0.6 is 0 Å². The number of fused-ring (bicyclic) bond motifs is 1. The Kier molecular flexibility index (Phi) is 4.46. The van der Waals surface area contributed by atoms with E-state index in [4.69, 9.17) is 15.2 Å². The van der Waals surface area contributed by atoms with Crippen LogP contribution in [0.2, 0.25) is 0 Å². The van der Waals surface area contributed by atoms with E-state index in [1.807, 2.05) is 12.1 Å². The molecule has 1 unspecified atom stereocenters. The summed E-state index contributed by atoms with van der Waals surface area (Å²) in [5, 5.41) is 2.91. The van der Waals surface area contributed by atoms with Crippen molar-refractivity contribution in [1.82, 2.24) is 4.90 Å². The normalized spacial score (nSPS) is 22.8. The first-order valence-corrected chi connectivity index (χ1v) is 8.11. The van der Waals surface area contributed by atoms with Gasteiger partial charge in [-0.05, 0) is 30.5 Å². The zero-order valence-corrected chi connectivity index (χ0v) is 13.8. The van der Waals surface area contributed by atoms with Crippen LogP contribution < -0.4 is 20.5 Å². The number of nitrogens with two attached hydrogens (primary N) is 1. The number of likely N-dealkylation sites (tertiary alicyclic amines) is 1. The number of ether oxygens (including phenoxy) is 2. The zero-order valence-electron chi connectivity index (χ0n) is 13.8. The van der Waals surface area contributed by atoms with Gasteiger partial charge in [0.2, 0.25) is 12.7 Å². The minimum Gasteiger partial charge on any atom is -0.454 e. The molecule has 1 fully saturated rings. The van der Waals surface area contributed by atoms with Crippen molar-refractivity contribution in [3.63, 3.8) is 0 Å². The molecule has 1 atom stereocenters. The maximum atomic E-state index is 12.1. The molecule has 1 saturated heterocycles. The first kappa shape index (κ1) is 16.1. The van der Waals surface area contributed by atoms with Crippen molar-refractivity contribution in [2.75, 3.05) is 31.7 Å². The Morgan fingerprint density at radius 1 is 1.39 bits per heavy atom. The number of anilines is 1. The van der Waals surface area contributed by atoms with Crippen molar-refractivity contribution >= 4 is 11.6 Å². The maximum Gasteiger partial charge on any atom is 0.231 e. The molecule has 1 aromatic rings. The SMILES string of the molecule is CC1(C)CN(CCC(=O)Nc2ccc3c(c2)OCO3)CCC1N. The van der Waals surface area contributed by atoms with E-state index in [-0.39, 0.29) is 24.2 Å². The van der Waals surface area contributed by atoms with Gasteiger partial charge in [-0.1, -0.05) is 13.8 Å². The van der Waals surface area contributed by atoms with Crippen LogP contribution in [-0.4, -0.2) is 43.3 Å². The van der Waals surface area contributed by atoms with Crippen LogP contribution in [0.15, 0.2) is 18.2 Å². The second-order valence-electron chi connectivity index (χ2n) is 7.03. The first-order chi connectivity index (χ1) is 10.9. The predicted octanol–water partition coefficient (Wildman–Crippen LogP) is 1.80. The van der Waals surface area contributed by atoms with E-state index in [1.165, 1.54) is 0 Å². The Morgan fingerprint density at radius 2 is 2.17 bits per heavy atom. The summed E-state index contributed by atoms with van der Waals surface area (Å²) in [4.78, 5) is 14.5. The molecule has 3 N–H and O–H groups in total. The van der Waals surface area contributed by atoms with Gasteiger partial charge in [0.1, 0.15) is 0 Å². The van der Waals surface area contributed by atoms with Crippen LogP contribution in [0.1, 0.15) is 26.7 Å². The third-order valence-electron chi connectivity index (χ3n) is 4.70. The summed E-state index contributed by atoms with van der Waals surface area (Å²) in [6.07, 6.45) is 1.45. The average Bonchev–Trinajstić information content (AvgIpc) is 2.96. The molecular formula is C17H25N3O3. The van der Waals surface area contributed by atoms with Crippen LogP contribution in [0.3, 0.4) is 0 Å². The second-order valence-corrected chi connectivity index (χ2v) is 7.03. The van der Waals surface area contributed by atoms with Crippen molar-refractivity contribution in [2.24, 2.45) is 11.1 Å². The third kappa shape index (κ3) is 3.76. The van der Waals surface area contributed by atoms with Crippen LogP contribution in [0.4, 0.5) is 5.69 Å². The number of amides is 1. The number of benzene rings is 1. The quantitative estimate of drug-likeness (QED) is 0.885. The number of piperidine rings is 1. The number of hydrogen-bond donors (Lipinski definition) is 2. The summed E-state index contributed by atoms with van der Waals surface area (Å²) in [5.41, 5.74) is 6.99.